The Bertz CT molecular complexity index is 299. The third-order valence-corrected chi connectivity index (χ3v) is 3.28. The Labute approximate surface area is 85.4 Å². The van der Waals surface area contributed by atoms with Crippen molar-refractivity contribution in [2.24, 2.45) is 0 Å². The molecule has 2 rings (SSSR count). The Morgan fingerprint density at radius 2 is 1.57 bits per heavy atom. The summed E-state index contributed by atoms with van der Waals surface area (Å²) in [6.45, 7) is 2.45. The minimum absolute atomic E-state index is 0.359. The van der Waals surface area contributed by atoms with Gasteiger partial charge in [-0.2, -0.15) is 0 Å². The van der Waals surface area contributed by atoms with E-state index in [4.69, 9.17) is 0 Å². The fraction of sp³-hybridized carbons (Fsp3) is 0.500. The first kappa shape index (κ1) is 9.53. The zero-order valence-electron chi connectivity index (χ0n) is 8.74. The molecule has 0 aromatic heterocycles. The van der Waals surface area contributed by atoms with Gasteiger partial charge in [0.1, 0.15) is 11.4 Å². The van der Waals surface area contributed by atoms with Gasteiger partial charge in [-0.25, -0.2) is 0 Å². The molecule has 1 N–H and O–H groups in total. The van der Waals surface area contributed by atoms with Crippen LogP contribution in [0.4, 0.5) is 5.69 Å². The Hall–Kier alpha value is -1.02. The number of phenolic OH excluding ortho intramolecular Hbond substituents is 1. The number of nitrogens with zero attached hydrogens (tertiary/aromatic N) is 1. The average molecular weight is 192 g/mol. The fourth-order valence-corrected chi connectivity index (χ4v) is 2.28. The summed E-state index contributed by atoms with van der Waals surface area (Å²) < 4.78 is 1.03. The molecule has 0 aliphatic carbocycles. The number of quaternary nitrogens is 1. The maximum absolute atomic E-state index is 9.23. The van der Waals surface area contributed by atoms with Gasteiger partial charge in [0.25, 0.3) is 0 Å². The van der Waals surface area contributed by atoms with Gasteiger partial charge in [-0.15, -0.1) is 0 Å². The molecular formula is C12H18NO+. The molecule has 1 aromatic carbocycles. The van der Waals surface area contributed by atoms with E-state index in [1.807, 2.05) is 12.1 Å². The molecule has 1 fully saturated rings. The molecule has 1 saturated heterocycles. The highest BCUT2D eigenvalue weighted by atomic mass is 16.3. The number of hydrogen-bond acceptors (Lipinski definition) is 1. The van der Waals surface area contributed by atoms with Gasteiger partial charge in [-0.05, 0) is 31.4 Å². The first-order chi connectivity index (χ1) is 6.71. The molecule has 0 saturated carbocycles. The van der Waals surface area contributed by atoms with E-state index in [0.29, 0.717) is 5.75 Å². The third kappa shape index (κ3) is 1.75. The summed E-state index contributed by atoms with van der Waals surface area (Å²) in [5, 5.41) is 9.23. The molecule has 0 atom stereocenters. The van der Waals surface area contributed by atoms with E-state index in [1.165, 1.54) is 38.0 Å². The summed E-state index contributed by atoms with van der Waals surface area (Å²) in [7, 11) is 2.28. The van der Waals surface area contributed by atoms with Crippen molar-refractivity contribution in [3.8, 4) is 5.75 Å². The number of aromatic hydroxyl groups is 1. The van der Waals surface area contributed by atoms with Crippen LogP contribution in [-0.2, 0) is 0 Å². The standard InChI is InChI=1S/C12H17NO/c1-13(9-3-2-4-10-13)11-5-7-12(14)8-6-11/h5-8H,2-4,9-10H2,1H3/p+1. The minimum Gasteiger partial charge on any atom is -0.508 e. The van der Waals surface area contributed by atoms with Crippen molar-refractivity contribution in [3.05, 3.63) is 24.3 Å². The van der Waals surface area contributed by atoms with Crippen LogP contribution in [0, 0.1) is 0 Å². The number of rotatable bonds is 1. The zero-order valence-corrected chi connectivity index (χ0v) is 8.74. The first-order valence-corrected chi connectivity index (χ1v) is 5.35. The molecule has 0 radical (unpaired) electrons. The third-order valence-electron chi connectivity index (χ3n) is 3.28. The van der Waals surface area contributed by atoms with Crippen LogP contribution in [-0.4, -0.2) is 25.2 Å². The summed E-state index contributed by atoms with van der Waals surface area (Å²) >= 11 is 0. The Balaban J connectivity index is 2.23. The molecule has 2 heteroatoms. The molecule has 0 unspecified atom stereocenters. The van der Waals surface area contributed by atoms with E-state index in [0.717, 1.165) is 4.48 Å². The normalized spacial score (nSPS) is 20.6. The van der Waals surface area contributed by atoms with E-state index >= 15 is 0 Å². The van der Waals surface area contributed by atoms with Crippen molar-refractivity contribution in [1.82, 2.24) is 4.48 Å². The molecule has 2 nitrogen and oxygen atoms in total. The van der Waals surface area contributed by atoms with Crippen LogP contribution in [0.2, 0.25) is 0 Å². The zero-order chi connectivity index (χ0) is 10.0. The maximum atomic E-state index is 9.23. The number of hydrogen-bond donors (Lipinski definition) is 1. The van der Waals surface area contributed by atoms with Gasteiger partial charge in [-0.3, -0.25) is 4.48 Å². The summed E-state index contributed by atoms with van der Waals surface area (Å²) in [4.78, 5) is 0. The van der Waals surface area contributed by atoms with Gasteiger partial charge in [-0.1, -0.05) is 0 Å². The van der Waals surface area contributed by atoms with E-state index in [2.05, 4.69) is 7.05 Å². The molecule has 76 valence electrons. The van der Waals surface area contributed by atoms with E-state index < -0.39 is 0 Å². The van der Waals surface area contributed by atoms with E-state index in [9.17, 15) is 5.11 Å². The van der Waals surface area contributed by atoms with Gasteiger partial charge < -0.3 is 5.11 Å². The van der Waals surface area contributed by atoms with Crippen molar-refractivity contribution in [1.29, 1.82) is 0 Å². The molecule has 1 aromatic rings. The van der Waals surface area contributed by atoms with Crippen LogP contribution < -0.4 is 4.48 Å². The SMILES string of the molecule is C[N+]1(c2ccc(O)cc2)CCCCC1. The second-order valence-corrected chi connectivity index (χ2v) is 4.42. The van der Waals surface area contributed by atoms with E-state index in [-0.39, 0.29) is 0 Å². The largest absolute Gasteiger partial charge is 0.508 e. The van der Waals surface area contributed by atoms with Crippen LogP contribution in [0.1, 0.15) is 19.3 Å². The highest BCUT2D eigenvalue weighted by Crippen LogP contribution is 2.27. The molecule has 0 bridgehead atoms. The number of benzene rings is 1. The summed E-state index contributed by atoms with van der Waals surface area (Å²) in [5.41, 5.74) is 1.32. The predicted octanol–water partition coefficient (Wildman–Crippen LogP) is 2.51. The fourth-order valence-electron chi connectivity index (χ4n) is 2.28. The summed E-state index contributed by atoms with van der Waals surface area (Å²) in [6.07, 6.45) is 4.00. The molecule has 14 heavy (non-hydrogen) atoms. The molecule has 0 amide bonds. The monoisotopic (exact) mass is 192 g/mol. The smallest absolute Gasteiger partial charge is 0.132 e. The van der Waals surface area contributed by atoms with Gasteiger partial charge in [0, 0.05) is 12.1 Å². The lowest BCUT2D eigenvalue weighted by molar-refractivity contribution is 0.274. The highest BCUT2D eigenvalue weighted by molar-refractivity contribution is 5.45. The highest BCUT2D eigenvalue weighted by Gasteiger charge is 2.26. The van der Waals surface area contributed by atoms with Crippen molar-refractivity contribution < 1.29 is 5.11 Å². The van der Waals surface area contributed by atoms with Gasteiger partial charge in [0.2, 0.25) is 0 Å². The van der Waals surface area contributed by atoms with Crippen LogP contribution in [0.3, 0.4) is 0 Å². The minimum atomic E-state index is 0.359. The molecular weight excluding hydrogens is 174 g/mol. The van der Waals surface area contributed by atoms with E-state index in [1.54, 1.807) is 12.1 Å². The predicted molar refractivity (Wildman–Crippen MR) is 59.4 cm³/mol. The van der Waals surface area contributed by atoms with Crippen molar-refractivity contribution in [2.45, 2.75) is 19.3 Å². The number of phenols is 1. The van der Waals surface area contributed by atoms with Crippen LogP contribution in [0.5, 0.6) is 5.75 Å². The lowest BCUT2D eigenvalue weighted by Gasteiger charge is -2.37. The maximum Gasteiger partial charge on any atom is 0.132 e. The Morgan fingerprint density at radius 3 is 2.14 bits per heavy atom. The summed E-state index contributed by atoms with van der Waals surface area (Å²) in [6, 6.07) is 7.65. The first-order valence-electron chi connectivity index (χ1n) is 5.35. The molecule has 1 aliphatic rings. The lowest BCUT2D eigenvalue weighted by atomic mass is 10.1. The number of likely N-dealkylation sites (tertiary alicyclic amines) is 1. The van der Waals surface area contributed by atoms with Gasteiger partial charge in [0.15, 0.2) is 0 Å². The molecule has 1 heterocycles. The van der Waals surface area contributed by atoms with Crippen LogP contribution >= 0.6 is 0 Å². The second-order valence-electron chi connectivity index (χ2n) is 4.42. The Morgan fingerprint density at radius 1 is 1.00 bits per heavy atom. The summed E-state index contributed by atoms with van der Waals surface area (Å²) in [5.74, 6) is 0.359. The Kier molecular flexibility index (Phi) is 2.46. The van der Waals surface area contributed by atoms with Crippen molar-refractivity contribution in [2.75, 3.05) is 20.1 Å². The second kappa shape index (κ2) is 3.62. The topological polar surface area (TPSA) is 20.2 Å². The van der Waals surface area contributed by atoms with Gasteiger partial charge in [0.05, 0.1) is 20.1 Å². The lowest BCUT2D eigenvalue weighted by Crippen LogP contribution is -2.48. The number of piperidine rings is 1. The van der Waals surface area contributed by atoms with Crippen molar-refractivity contribution in [3.63, 3.8) is 0 Å². The average Bonchev–Trinajstić information content (AvgIpc) is 2.19. The van der Waals surface area contributed by atoms with Crippen molar-refractivity contribution >= 4 is 5.69 Å². The van der Waals surface area contributed by atoms with Crippen LogP contribution in [0.25, 0.3) is 0 Å². The molecule has 0 spiro atoms. The molecule has 1 aliphatic heterocycles. The van der Waals surface area contributed by atoms with Gasteiger partial charge >= 0.3 is 0 Å². The van der Waals surface area contributed by atoms with Crippen LogP contribution in [0.15, 0.2) is 24.3 Å². The quantitative estimate of drug-likeness (QED) is 0.678.